The highest BCUT2D eigenvalue weighted by Crippen LogP contribution is 2.60. The van der Waals surface area contributed by atoms with Crippen LogP contribution >= 0.6 is 0 Å². The molecule has 1 aromatic rings. The maximum atomic E-state index is 13.2. The van der Waals surface area contributed by atoms with Crippen LogP contribution in [0.4, 0.5) is 4.39 Å². The molecule has 1 aromatic carbocycles. The van der Waals surface area contributed by atoms with Crippen molar-refractivity contribution < 1.29 is 28.4 Å². The molecular formula is C21H27FO5. The lowest BCUT2D eigenvalue weighted by Crippen LogP contribution is -2.70. The van der Waals surface area contributed by atoms with Crippen LogP contribution in [0.3, 0.4) is 0 Å². The third-order valence-electron chi connectivity index (χ3n) is 7.16. The van der Waals surface area contributed by atoms with E-state index in [0.717, 1.165) is 25.7 Å². The van der Waals surface area contributed by atoms with E-state index in [4.69, 9.17) is 24.0 Å². The van der Waals surface area contributed by atoms with Gasteiger partial charge in [0.1, 0.15) is 11.6 Å². The molecule has 5 fully saturated rings. The van der Waals surface area contributed by atoms with Crippen LogP contribution in [-0.4, -0.2) is 24.0 Å². The van der Waals surface area contributed by atoms with Crippen LogP contribution in [0.2, 0.25) is 0 Å². The summed E-state index contributed by atoms with van der Waals surface area (Å²) < 4.78 is 32.0. The minimum atomic E-state index is -0.793. The highest BCUT2D eigenvalue weighted by atomic mass is 19.1. The van der Waals surface area contributed by atoms with Crippen molar-refractivity contribution in [3.8, 4) is 5.75 Å². The lowest BCUT2D eigenvalue weighted by molar-refractivity contribution is -0.575. The van der Waals surface area contributed by atoms with Gasteiger partial charge in [-0.3, -0.25) is 0 Å². The SMILES string of the molecule is C[C@H]1[C@H](Oc2ccc(F)cc2)O[C@@H]2O[C@@]3(C)CC[C@H]4[C@H](C)CC[C@@H]1[C@@]24OO3. The van der Waals surface area contributed by atoms with E-state index in [1.165, 1.54) is 12.1 Å². The minimum absolute atomic E-state index is 0.0935. The highest BCUT2D eigenvalue weighted by Gasteiger charge is 2.69. The zero-order valence-corrected chi connectivity index (χ0v) is 16.0. The molecular weight excluding hydrogens is 351 g/mol. The van der Waals surface area contributed by atoms with E-state index < -0.39 is 24.0 Å². The van der Waals surface area contributed by atoms with Crippen LogP contribution in [-0.2, 0) is 19.2 Å². The molecule has 1 aliphatic carbocycles. The number of rotatable bonds is 2. The van der Waals surface area contributed by atoms with E-state index in [0.29, 0.717) is 17.6 Å². The Morgan fingerprint density at radius 3 is 2.59 bits per heavy atom. The van der Waals surface area contributed by atoms with Crippen molar-refractivity contribution in [2.24, 2.45) is 23.7 Å². The molecule has 8 atom stereocenters. The van der Waals surface area contributed by atoms with Crippen LogP contribution in [0.25, 0.3) is 0 Å². The number of ether oxygens (including phenoxy) is 3. The molecule has 5 aliphatic rings. The van der Waals surface area contributed by atoms with Crippen LogP contribution in [0, 0.1) is 29.5 Å². The maximum Gasteiger partial charge on any atom is 0.205 e. The number of hydrogen-bond donors (Lipinski definition) is 0. The normalized spacial score (nSPS) is 48.6. The van der Waals surface area contributed by atoms with Gasteiger partial charge in [0.2, 0.25) is 12.1 Å². The number of fused-ring (bicyclic) bond motifs is 2. The predicted octanol–water partition coefficient (Wildman–Crippen LogP) is 4.41. The summed E-state index contributed by atoms with van der Waals surface area (Å²) in [6.45, 7) is 6.34. The molecule has 5 nitrogen and oxygen atoms in total. The fraction of sp³-hybridized carbons (Fsp3) is 0.714. The Balaban J connectivity index is 1.48. The van der Waals surface area contributed by atoms with Gasteiger partial charge in [-0.2, -0.15) is 0 Å². The van der Waals surface area contributed by atoms with E-state index in [1.807, 2.05) is 6.92 Å². The highest BCUT2D eigenvalue weighted by molar-refractivity contribution is 5.22. The van der Waals surface area contributed by atoms with Crippen molar-refractivity contribution in [1.29, 1.82) is 0 Å². The fourth-order valence-electron chi connectivity index (χ4n) is 5.65. The summed E-state index contributed by atoms with van der Waals surface area (Å²) in [6, 6.07) is 6.04. The lowest BCUT2D eigenvalue weighted by atomic mass is 9.58. The second-order valence-electron chi connectivity index (χ2n) is 8.85. The second-order valence-corrected chi connectivity index (χ2v) is 8.85. The topological polar surface area (TPSA) is 46.2 Å². The quantitative estimate of drug-likeness (QED) is 0.713. The van der Waals surface area contributed by atoms with E-state index in [1.54, 1.807) is 12.1 Å². The van der Waals surface area contributed by atoms with E-state index in [9.17, 15) is 4.39 Å². The Morgan fingerprint density at radius 2 is 1.81 bits per heavy atom. The molecule has 6 rings (SSSR count). The van der Waals surface area contributed by atoms with Crippen LogP contribution < -0.4 is 4.74 Å². The Morgan fingerprint density at radius 1 is 1.04 bits per heavy atom. The summed E-state index contributed by atoms with van der Waals surface area (Å²) in [5.74, 6) is 0.680. The standard InChI is InChI=1S/C21H27FO5/c1-12-4-9-17-13(2)18(23-15-7-5-14(22)6-8-15)24-19-21(17)16(12)10-11-20(3,25-19)26-27-21/h5-8,12-13,16-19H,4,9-11H2,1-3H3/t12-,13-,16+,17+,18-,19-,20-,21-/m1/s1. The smallest absolute Gasteiger partial charge is 0.205 e. The molecule has 148 valence electrons. The predicted molar refractivity (Wildman–Crippen MR) is 93.9 cm³/mol. The number of hydrogen-bond acceptors (Lipinski definition) is 5. The Kier molecular flexibility index (Phi) is 4.06. The largest absolute Gasteiger partial charge is 0.465 e. The summed E-state index contributed by atoms with van der Waals surface area (Å²) in [4.78, 5) is 11.9. The lowest BCUT2D eigenvalue weighted by Gasteiger charge is -2.60. The fourth-order valence-corrected chi connectivity index (χ4v) is 5.65. The van der Waals surface area contributed by atoms with Crippen molar-refractivity contribution in [1.82, 2.24) is 0 Å². The van der Waals surface area contributed by atoms with Crippen molar-refractivity contribution >= 4 is 0 Å². The third-order valence-corrected chi connectivity index (χ3v) is 7.16. The van der Waals surface area contributed by atoms with Gasteiger partial charge in [-0.25, -0.2) is 14.2 Å². The molecule has 6 heteroatoms. The van der Waals surface area contributed by atoms with Gasteiger partial charge in [-0.15, -0.1) is 0 Å². The Labute approximate surface area is 159 Å². The molecule has 4 heterocycles. The van der Waals surface area contributed by atoms with Gasteiger partial charge in [0, 0.05) is 18.3 Å². The van der Waals surface area contributed by atoms with E-state index >= 15 is 0 Å². The molecule has 0 radical (unpaired) electrons. The molecule has 1 spiro atoms. The number of halogens is 1. The van der Waals surface area contributed by atoms with Crippen molar-refractivity contribution in [3.05, 3.63) is 30.1 Å². The third kappa shape index (κ3) is 2.64. The van der Waals surface area contributed by atoms with Crippen molar-refractivity contribution in [2.45, 2.75) is 70.4 Å². The molecule has 4 saturated heterocycles. The summed E-state index contributed by atoms with van der Waals surface area (Å²) >= 11 is 0. The summed E-state index contributed by atoms with van der Waals surface area (Å²) in [5, 5.41) is 0. The van der Waals surface area contributed by atoms with Gasteiger partial charge in [-0.1, -0.05) is 13.8 Å². The molecule has 0 amide bonds. The molecule has 2 bridgehead atoms. The van der Waals surface area contributed by atoms with E-state index in [2.05, 4.69) is 13.8 Å². The zero-order valence-electron chi connectivity index (χ0n) is 16.0. The first-order chi connectivity index (χ1) is 12.9. The first-order valence-electron chi connectivity index (χ1n) is 10.0. The van der Waals surface area contributed by atoms with Gasteiger partial charge < -0.3 is 14.2 Å². The summed E-state index contributed by atoms with van der Waals surface area (Å²) in [7, 11) is 0. The van der Waals surface area contributed by atoms with Crippen LogP contribution in [0.1, 0.15) is 46.5 Å². The molecule has 0 aromatic heterocycles. The molecule has 1 saturated carbocycles. The maximum absolute atomic E-state index is 13.2. The minimum Gasteiger partial charge on any atom is -0.465 e. The molecule has 0 unspecified atom stereocenters. The average Bonchev–Trinajstić information content (AvgIpc) is 2.87. The number of benzene rings is 1. The Bertz CT molecular complexity index is 711. The van der Waals surface area contributed by atoms with Crippen molar-refractivity contribution in [3.63, 3.8) is 0 Å². The Hall–Kier alpha value is -1.21. The summed E-state index contributed by atoms with van der Waals surface area (Å²) in [6.07, 6.45) is 2.95. The van der Waals surface area contributed by atoms with E-state index in [-0.39, 0.29) is 17.7 Å². The second kappa shape index (κ2) is 6.14. The first-order valence-corrected chi connectivity index (χ1v) is 10.0. The monoisotopic (exact) mass is 378 g/mol. The summed E-state index contributed by atoms with van der Waals surface area (Å²) in [5.41, 5.74) is -0.588. The van der Waals surface area contributed by atoms with Gasteiger partial charge in [0.05, 0.1) is 0 Å². The molecule has 27 heavy (non-hydrogen) atoms. The van der Waals surface area contributed by atoms with Crippen molar-refractivity contribution in [2.75, 3.05) is 0 Å². The molecule has 4 aliphatic heterocycles. The van der Waals surface area contributed by atoms with Crippen LogP contribution in [0.15, 0.2) is 24.3 Å². The van der Waals surface area contributed by atoms with Gasteiger partial charge >= 0.3 is 0 Å². The van der Waals surface area contributed by atoms with Gasteiger partial charge in [-0.05, 0) is 62.3 Å². The molecule has 0 N–H and O–H groups in total. The first kappa shape index (κ1) is 17.9. The van der Waals surface area contributed by atoms with Gasteiger partial charge in [0.15, 0.2) is 11.9 Å². The van der Waals surface area contributed by atoms with Gasteiger partial charge in [0.25, 0.3) is 0 Å². The zero-order chi connectivity index (χ0) is 18.8. The average molecular weight is 378 g/mol. The van der Waals surface area contributed by atoms with Crippen LogP contribution in [0.5, 0.6) is 5.75 Å².